The lowest BCUT2D eigenvalue weighted by Crippen LogP contribution is -2.34. The number of pyridine rings is 1. The number of rotatable bonds is 8. The van der Waals surface area contributed by atoms with E-state index in [2.05, 4.69) is 30.9 Å². The quantitative estimate of drug-likeness (QED) is 0.506. The second-order valence-electron chi connectivity index (χ2n) is 7.22. The summed E-state index contributed by atoms with van der Waals surface area (Å²) in [4.78, 5) is 40.8. The van der Waals surface area contributed by atoms with E-state index in [-0.39, 0.29) is 32.0 Å². The molecular formula is C20H19FN8O4. The summed E-state index contributed by atoms with van der Waals surface area (Å²) < 4.78 is 20.1. The Balaban J connectivity index is 1.42. The maximum Gasteiger partial charge on any atom is 0.414 e. The van der Waals surface area contributed by atoms with Gasteiger partial charge in [0, 0.05) is 23.7 Å². The van der Waals surface area contributed by atoms with E-state index in [9.17, 15) is 18.9 Å². The first-order valence-electron chi connectivity index (χ1n) is 9.99. The van der Waals surface area contributed by atoms with Crippen molar-refractivity contribution < 1.29 is 18.7 Å². The number of tetrazole rings is 1. The van der Waals surface area contributed by atoms with E-state index in [0.29, 0.717) is 28.3 Å². The molecule has 3 heterocycles. The zero-order chi connectivity index (χ0) is 23.4. The van der Waals surface area contributed by atoms with Crippen molar-refractivity contribution in [1.29, 1.82) is 0 Å². The van der Waals surface area contributed by atoms with Gasteiger partial charge in [0.1, 0.15) is 17.6 Å². The van der Waals surface area contributed by atoms with Gasteiger partial charge in [-0.25, -0.2) is 9.18 Å². The number of amides is 2. The molecule has 1 N–H and O–H groups in total. The standard InChI is InChI=1S/C20H19FN8O4/c1-28-26-19(25-27-28)17-5-2-12(9-22-17)15-4-3-13(8-16(15)21)29-11-14(33-20(29)31)10-23-18(30)6-7-24-32/h2-5,8-9,14H,6-7,10-11H2,1H3,(H,23,30)/t14-/m0/s1. The Morgan fingerprint density at radius 1 is 1.33 bits per heavy atom. The highest BCUT2D eigenvalue weighted by molar-refractivity contribution is 5.90. The molecule has 0 bridgehead atoms. The van der Waals surface area contributed by atoms with Crippen molar-refractivity contribution in [2.45, 2.75) is 12.5 Å². The van der Waals surface area contributed by atoms with E-state index in [0.717, 1.165) is 0 Å². The van der Waals surface area contributed by atoms with Crippen molar-refractivity contribution in [3.05, 3.63) is 47.3 Å². The molecule has 1 saturated heterocycles. The lowest BCUT2D eigenvalue weighted by molar-refractivity contribution is -0.121. The summed E-state index contributed by atoms with van der Waals surface area (Å²) in [5.74, 6) is -0.543. The van der Waals surface area contributed by atoms with E-state index in [4.69, 9.17) is 4.74 Å². The lowest BCUT2D eigenvalue weighted by Gasteiger charge is -2.14. The third-order valence-corrected chi connectivity index (χ3v) is 4.91. The molecule has 0 aliphatic carbocycles. The average Bonchev–Trinajstić information content (AvgIpc) is 3.41. The minimum Gasteiger partial charge on any atom is -0.442 e. The van der Waals surface area contributed by atoms with Crippen LogP contribution in [0.4, 0.5) is 14.9 Å². The molecule has 0 radical (unpaired) electrons. The number of carbonyl (C=O) groups excluding carboxylic acids is 2. The summed E-state index contributed by atoms with van der Waals surface area (Å²) in [5, 5.41) is 16.9. The zero-order valence-corrected chi connectivity index (χ0v) is 17.5. The number of hydrogen-bond acceptors (Lipinski definition) is 9. The average molecular weight is 454 g/mol. The van der Waals surface area contributed by atoms with E-state index in [1.165, 1.54) is 22.0 Å². The van der Waals surface area contributed by atoms with E-state index in [1.54, 1.807) is 31.3 Å². The minimum atomic E-state index is -0.640. The number of anilines is 1. The monoisotopic (exact) mass is 454 g/mol. The van der Waals surface area contributed by atoms with E-state index in [1.807, 2.05) is 0 Å². The first-order chi connectivity index (χ1) is 15.9. The van der Waals surface area contributed by atoms with Gasteiger partial charge in [-0.05, 0) is 29.5 Å². The summed E-state index contributed by atoms with van der Waals surface area (Å²) in [6.45, 7) is 0.105. The number of aromatic nitrogens is 5. The maximum absolute atomic E-state index is 14.9. The van der Waals surface area contributed by atoms with Gasteiger partial charge in [-0.15, -0.1) is 10.2 Å². The Morgan fingerprint density at radius 2 is 2.18 bits per heavy atom. The number of nitrogens with one attached hydrogen (secondary N) is 1. The molecule has 1 atom stereocenters. The number of nitrogens with zero attached hydrogens (tertiary/aromatic N) is 7. The fraction of sp³-hybridized carbons (Fsp3) is 0.300. The van der Waals surface area contributed by atoms with E-state index >= 15 is 0 Å². The van der Waals surface area contributed by atoms with Gasteiger partial charge in [-0.1, -0.05) is 11.2 Å². The van der Waals surface area contributed by atoms with Crippen LogP contribution in [0.3, 0.4) is 0 Å². The number of cyclic esters (lactones) is 1. The number of hydrogen-bond donors (Lipinski definition) is 1. The molecule has 12 nitrogen and oxygen atoms in total. The summed E-state index contributed by atoms with van der Waals surface area (Å²) >= 11 is 0. The van der Waals surface area contributed by atoms with Crippen LogP contribution in [0.15, 0.2) is 41.7 Å². The molecular weight excluding hydrogens is 435 g/mol. The lowest BCUT2D eigenvalue weighted by atomic mass is 10.1. The van der Waals surface area contributed by atoms with Crippen LogP contribution in [0.2, 0.25) is 0 Å². The number of ether oxygens (including phenoxy) is 1. The van der Waals surface area contributed by atoms with Gasteiger partial charge >= 0.3 is 6.09 Å². The molecule has 2 aromatic heterocycles. The molecule has 3 aromatic rings. The highest BCUT2D eigenvalue weighted by Crippen LogP contribution is 2.29. The molecule has 0 unspecified atom stereocenters. The third-order valence-electron chi connectivity index (χ3n) is 4.91. The SMILES string of the molecule is Cn1nnc(-c2ccc(-c3ccc(N4C[C@H](CNC(=O)CCN=O)OC4=O)cc3F)cn2)n1. The predicted molar refractivity (Wildman–Crippen MR) is 113 cm³/mol. The molecule has 1 aliphatic heterocycles. The van der Waals surface area contributed by atoms with Crippen LogP contribution in [0, 0.1) is 10.7 Å². The van der Waals surface area contributed by atoms with Crippen LogP contribution in [-0.4, -0.2) is 62.9 Å². The summed E-state index contributed by atoms with van der Waals surface area (Å²) in [5.41, 5.74) is 1.68. The minimum absolute atomic E-state index is 0.0361. The number of benzene rings is 1. The number of carbonyl (C=O) groups is 2. The topological polar surface area (TPSA) is 145 Å². The van der Waals surface area contributed by atoms with Gasteiger partial charge in [0.05, 0.1) is 32.4 Å². The molecule has 1 aliphatic rings. The second kappa shape index (κ2) is 9.46. The van der Waals surface area contributed by atoms with Crippen molar-refractivity contribution in [2.75, 3.05) is 24.5 Å². The fourth-order valence-electron chi connectivity index (χ4n) is 3.28. The number of halogens is 1. The van der Waals surface area contributed by atoms with Crippen molar-refractivity contribution in [2.24, 2.45) is 12.2 Å². The molecule has 0 saturated carbocycles. The van der Waals surface area contributed by atoms with Crippen LogP contribution in [0.1, 0.15) is 6.42 Å². The molecule has 1 fully saturated rings. The van der Waals surface area contributed by atoms with Crippen LogP contribution in [0.25, 0.3) is 22.6 Å². The number of nitroso groups, excluding NO2 is 1. The fourth-order valence-corrected chi connectivity index (χ4v) is 3.28. The third kappa shape index (κ3) is 4.97. The normalized spacial score (nSPS) is 15.4. The predicted octanol–water partition coefficient (Wildman–Crippen LogP) is 1.68. The molecule has 33 heavy (non-hydrogen) atoms. The van der Waals surface area contributed by atoms with Crippen LogP contribution in [0.5, 0.6) is 0 Å². The Kier molecular flexibility index (Phi) is 6.29. The molecule has 13 heteroatoms. The van der Waals surface area contributed by atoms with Crippen molar-refractivity contribution >= 4 is 17.7 Å². The summed E-state index contributed by atoms with van der Waals surface area (Å²) in [7, 11) is 1.64. The smallest absolute Gasteiger partial charge is 0.414 e. The molecule has 2 amide bonds. The van der Waals surface area contributed by atoms with Gasteiger partial charge in [0.2, 0.25) is 11.7 Å². The van der Waals surface area contributed by atoms with Crippen molar-refractivity contribution in [3.8, 4) is 22.6 Å². The summed E-state index contributed by atoms with van der Waals surface area (Å²) in [6, 6.07) is 7.76. The van der Waals surface area contributed by atoms with E-state index < -0.39 is 18.0 Å². The van der Waals surface area contributed by atoms with Gasteiger partial charge < -0.3 is 10.1 Å². The van der Waals surface area contributed by atoms with Gasteiger partial charge in [-0.3, -0.25) is 14.7 Å². The first-order valence-corrected chi connectivity index (χ1v) is 9.99. The molecule has 170 valence electrons. The van der Waals surface area contributed by atoms with Crippen molar-refractivity contribution in [1.82, 2.24) is 30.5 Å². The van der Waals surface area contributed by atoms with Gasteiger partial charge in [0.25, 0.3) is 0 Å². The largest absolute Gasteiger partial charge is 0.442 e. The van der Waals surface area contributed by atoms with Crippen LogP contribution >= 0.6 is 0 Å². The highest BCUT2D eigenvalue weighted by Gasteiger charge is 2.33. The van der Waals surface area contributed by atoms with Crippen molar-refractivity contribution in [3.63, 3.8) is 0 Å². The summed E-state index contributed by atoms with van der Waals surface area (Å²) in [6.07, 6.45) is 0.233. The zero-order valence-electron chi connectivity index (χ0n) is 17.5. The highest BCUT2D eigenvalue weighted by atomic mass is 19.1. The molecule has 0 spiro atoms. The van der Waals surface area contributed by atoms with Gasteiger partial charge in [0.15, 0.2) is 0 Å². The second-order valence-corrected chi connectivity index (χ2v) is 7.22. The Morgan fingerprint density at radius 3 is 2.85 bits per heavy atom. The Labute approximate surface area is 186 Å². The first kappa shape index (κ1) is 21.9. The van der Waals surface area contributed by atoms with Crippen LogP contribution < -0.4 is 10.2 Å². The van der Waals surface area contributed by atoms with Crippen LogP contribution in [-0.2, 0) is 16.6 Å². The maximum atomic E-state index is 14.9. The number of aryl methyl sites for hydroxylation is 1. The van der Waals surface area contributed by atoms with Gasteiger partial charge in [-0.2, -0.15) is 9.70 Å². The Hall–Kier alpha value is -4.29. The molecule has 1 aromatic carbocycles. The molecule has 4 rings (SSSR count). The Bertz CT molecular complexity index is 1180.